The Morgan fingerprint density at radius 3 is 2.21 bits per heavy atom. The van der Waals surface area contributed by atoms with Gasteiger partial charge in [-0.15, -0.1) is 0 Å². The molecule has 0 N–H and O–H groups in total. The van der Waals surface area contributed by atoms with Crippen LogP contribution >= 0.6 is 0 Å². The van der Waals surface area contributed by atoms with Gasteiger partial charge in [0.25, 0.3) is 0 Å². The van der Waals surface area contributed by atoms with E-state index in [0.29, 0.717) is 6.42 Å². The molecule has 0 aromatic carbocycles. The second kappa shape index (κ2) is 5.22. The molecule has 0 saturated heterocycles. The molecular formula is C9H15F3O2. The molecular weight excluding hydrogens is 197 g/mol. The standard InChI is InChI=1S/C9H15F3O2/c1-4-7(3)14-8(13)6(2)5-9(10,11)12/h6-7H,4-5H2,1-3H3. The summed E-state index contributed by atoms with van der Waals surface area (Å²) in [5.41, 5.74) is 0. The van der Waals surface area contributed by atoms with Crippen LogP contribution in [0.15, 0.2) is 0 Å². The van der Waals surface area contributed by atoms with Crippen LogP contribution in [0, 0.1) is 5.92 Å². The second-order valence-corrected chi connectivity index (χ2v) is 3.38. The minimum atomic E-state index is -4.31. The van der Waals surface area contributed by atoms with E-state index in [4.69, 9.17) is 4.74 Å². The summed E-state index contributed by atoms with van der Waals surface area (Å²) in [6, 6.07) is 0. The van der Waals surface area contributed by atoms with Crippen molar-refractivity contribution < 1.29 is 22.7 Å². The molecule has 84 valence electrons. The van der Waals surface area contributed by atoms with Crippen LogP contribution in [-0.4, -0.2) is 18.2 Å². The van der Waals surface area contributed by atoms with E-state index in [1.807, 2.05) is 0 Å². The van der Waals surface area contributed by atoms with Crippen LogP contribution in [0.3, 0.4) is 0 Å². The summed E-state index contributed by atoms with van der Waals surface area (Å²) in [6.07, 6.45) is -5.15. The highest BCUT2D eigenvalue weighted by Gasteiger charge is 2.33. The van der Waals surface area contributed by atoms with Gasteiger partial charge in [-0.05, 0) is 13.3 Å². The minimum Gasteiger partial charge on any atom is -0.462 e. The summed E-state index contributed by atoms with van der Waals surface area (Å²) >= 11 is 0. The van der Waals surface area contributed by atoms with Crippen LogP contribution in [0.25, 0.3) is 0 Å². The molecule has 0 rings (SSSR count). The molecule has 14 heavy (non-hydrogen) atoms. The van der Waals surface area contributed by atoms with Gasteiger partial charge in [0.05, 0.1) is 18.4 Å². The number of alkyl halides is 3. The van der Waals surface area contributed by atoms with E-state index in [-0.39, 0.29) is 6.10 Å². The van der Waals surface area contributed by atoms with Crippen molar-refractivity contribution in [1.82, 2.24) is 0 Å². The predicted molar refractivity (Wildman–Crippen MR) is 45.7 cm³/mol. The SMILES string of the molecule is CCC(C)OC(=O)C(C)CC(F)(F)F. The van der Waals surface area contributed by atoms with Crippen molar-refractivity contribution in [1.29, 1.82) is 0 Å². The monoisotopic (exact) mass is 212 g/mol. The molecule has 0 aliphatic carbocycles. The van der Waals surface area contributed by atoms with Crippen molar-refractivity contribution in [3.63, 3.8) is 0 Å². The highest BCUT2D eigenvalue weighted by atomic mass is 19.4. The molecule has 0 aromatic heterocycles. The Labute approximate surface area is 81.4 Å². The second-order valence-electron chi connectivity index (χ2n) is 3.38. The van der Waals surface area contributed by atoms with E-state index in [9.17, 15) is 18.0 Å². The molecule has 2 nitrogen and oxygen atoms in total. The molecule has 0 aromatic rings. The van der Waals surface area contributed by atoms with E-state index >= 15 is 0 Å². The molecule has 0 bridgehead atoms. The van der Waals surface area contributed by atoms with E-state index < -0.39 is 24.5 Å². The lowest BCUT2D eigenvalue weighted by atomic mass is 10.1. The third-order valence-corrected chi connectivity index (χ3v) is 1.83. The molecule has 0 aliphatic heterocycles. The summed E-state index contributed by atoms with van der Waals surface area (Å²) < 4.78 is 40.4. The Morgan fingerprint density at radius 2 is 1.86 bits per heavy atom. The molecule has 0 fully saturated rings. The van der Waals surface area contributed by atoms with E-state index in [2.05, 4.69) is 0 Å². The first-order valence-electron chi connectivity index (χ1n) is 4.53. The fraction of sp³-hybridized carbons (Fsp3) is 0.889. The Bertz CT molecular complexity index is 189. The van der Waals surface area contributed by atoms with Crippen LogP contribution in [-0.2, 0) is 9.53 Å². The van der Waals surface area contributed by atoms with Crippen molar-refractivity contribution in [2.45, 2.75) is 45.9 Å². The molecule has 0 spiro atoms. The zero-order valence-electron chi connectivity index (χ0n) is 8.52. The lowest BCUT2D eigenvalue weighted by Crippen LogP contribution is -2.24. The van der Waals surface area contributed by atoms with E-state index in [1.54, 1.807) is 13.8 Å². The maximum Gasteiger partial charge on any atom is 0.389 e. The summed E-state index contributed by atoms with van der Waals surface area (Å²) in [7, 11) is 0. The number of esters is 1. The van der Waals surface area contributed by atoms with Crippen molar-refractivity contribution in [3.8, 4) is 0 Å². The third kappa shape index (κ3) is 5.83. The molecule has 0 radical (unpaired) electrons. The first-order valence-corrected chi connectivity index (χ1v) is 4.53. The van der Waals surface area contributed by atoms with Gasteiger partial charge in [0.1, 0.15) is 0 Å². The van der Waals surface area contributed by atoms with Gasteiger partial charge in [-0.2, -0.15) is 13.2 Å². The quantitative estimate of drug-likeness (QED) is 0.670. The van der Waals surface area contributed by atoms with Gasteiger partial charge in [-0.25, -0.2) is 0 Å². The van der Waals surface area contributed by atoms with E-state index in [0.717, 1.165) is 0 Å². The number of carbonyl (C=O) groups excluding carboxylic acids is 1. The molecule has 0 saturated carbocycles. The van der Waals surface area contributed by atoms with Gasteiger partial charge < -0.3 is 4.74 Å². The Balaban J connectivity index is 4.00. The summed E-state index contributed by atoms with van der Waals surface area (Å²) in [4.78, 5) is 11.1. The van der Waals surface area contributed by atoms with Crippen molar-refractivity contribution >= 4 is 5.97 Å². The van der Waals surface area contributed by atoms with Gasteiger partial charge >= 0.3 is 12.1 Å². The van der Waals surface area contributed by atoms with Gasteiger partial charge in [-0.3, -0.25) is 4.79 Å². The van der Waals surface area contributed by atoms with Crippen LogP contribution in [0.1, 0.15) is 33.6 Å². The summed E-state index contributed by atoms with van der Waals surface area (Å²) in [5.74, 6) is -1.90. The topological polar surface area (TPSA) is 26.3 Å². The van der Waals surface area contributed by atoms with Crippen LogP contribution in [0.5, 0.6) is 0 Å². The first kappa shape index (κ1) is 13.3. The molecule has 0 aliphatic rings. The van der Waals surface area contributed by atoms with Crippen molar-refractivity contribution in [2.75, 3.05) is 0 Å². The molecule has 2 unspecified atom stereocenters. The van der Waals surface area contributed by atoms with Crippen molar-refractivity contribution in [3.05, 3.63) is 0 Å². The average Bonchev–Trinajstić information content (AvgIpc) is 2.00. The maximum atomic E-state index is 11.9. The maximum absolute atomic E-state index is 11.9. The molecule has 5 heteroatoms. The third-order valence-electron chi connectivity index (χ3n) is 1.83. The smallest absolute Gasteiger partial charge is 0.389 e. The van der Waals surface area contributed by atoms with Crippen LogP contribution in [0.4, 0.5) is 13.2 Å². The fourth-order valence-corrected chi connectivity index (χ4v) is 0.828. The number of hydrogen-bond acceptors (Lipinski definition) is 2. The lowest BCUT2D eigenvalue weighted by molar-refractivity contribution is -0.169. The largest absolute Gasteiger partial charge is 0.462 e. The Kier molecular flexibility index (Phi) is 4.94. The number of ether oxygens (including phenoxy) is 1. The first-order chi connectivity index (χ1) is 6.26. The average molecular weight is 212 g/mol. The van der Waals surface area contributed by atoms with Crippen LogP contribution < -0.4 is 0 Å². The van der Waals surface area contributed by atoms with Gasteiger partial charge in [0.2, 0.25) is 0 Å². The van der Waals surface area contributed by atoms with Crippen LogP contribution in [0.2, 0.25) is 0 Å². The summed E-state index contributed by atoms with van der Waals surface area (Å²) in [5, 5.41) is 0. The Morgan fingerprint density at radius 1 is 1.36 bits per heavy atom. The van der Waals surface area contributed by atoms with Gasteiger partial charge in [0.15, 0.2) is 0 Å². The number of rotatable bonds is 4. The number of hydrogen-bond donors (Lipinski definition) is 0. The lowest BCUT2D eigenvalue weighted by Gasteiger charge is -2.16. The zero-order valence-corrected chi connectivity index (χ0v) is 8.52. The number of halogens is 3. The highest BCUT2D eigenvalue weighted by molar-refractivity contribution is 5.72. The van der Waals surface area contributed by atoms with Gasteiger partial charge in [-0.1, -0.05) is 13.8 Å². The normalized spacial score (nSPS) is 16.1. The predicted octanol–water partition coefficient (Wildman–Crippen LogP) is 2.92. The highest BCUT2D eigenvalue weighted by Crippen LogP contribution is 2.25. The Hall–Kier alpha value is -0.740. The zero-order chi connectivity index (χ0) is 11.4. The minimum absolute atomic E-state index is 0.321. The van der Waals surface area contributed by atoms with Gasteiger partial charge in [0, 0.05) is 0 Å². The fourth-order valence-electron chi connectivity index (χ4n) is 0.828. The molecule has 2 atom stereocenters. The number of carbonyl (C=O) groups is 1. The molecule has 0 heterocycles. The molecule has 0 amide bonds. The summed E-state index contributed by atoms with van der Waals surface area (Å²) in [6.45, 7) is 4.67. The van der Waals surface area contributed by atoms with E-state index in [1.165, 1.54) is 6.92 Å². The van der Waals surface area contributed by atoms with Crippen molar-refractivity contribution in [2.24, 2.45) is 5.92 Å².